The lowest BCUT2D eigenvalue weighted by Gasteiger charge is -2.36. The second kappa shape index (κ2) is 34.6. The molecular formula is C70H87N11O17S2. The summed E-state index contributed by atoms with van der Waals surface area (Å²) in [5.41, 5.74) is 12.9. The van der Waals surface area contributed by atoms with Gasteiger partial charge in [-0.15, -0.1) is 0 Å². The number of guanidine groups is 1. The number of aromatic hydroxyl groups is 2. The van der Waals surface area contributed by atoms with Gasteiger partial charge in [0.05, 0.1) is 29.5 Å². The van der Waals surface area contributed by atoms with E-state index in [2.05, 4.69) is 42.2 Å². The maximum Gasteiger partial charge on any atom is 0.340 e. The maximum absolute atomic E-state index is 14.7. The lowest BCUT2D eigenvalue weighted by Crippen LogP contribution is -2.59. The molecule has 4 unspecified atom stereocenters. The Morgan fingerprint density at radius 1 is 0.780 bits per heavy atom. The number of rotatable bonds is 18. The van der Waals surface area contributed by atoms with Crippen molar-refractivity contribution in [2.75, 3.05) is 31.8 Å². The van der Waals surface area contributed by atoms with Crippen LogP contribution in [0.15, 0.2) is 114 Å². The summed E-state index contributed by atoms with van der Waals surface area (Å²) in [4.78, 5) is 146. The minimum absolute atomic E-state index is 0.0122. The van der Waals surface area contributed by atoms with E-state index in [9.17, 15) is 68.4 Å². The van der Waals surface area contributed by atoms with Crippen LogP contribution >= 0.6 is 24.0 Å². The molecule has 4 aromatic rings. The fourth-order valence-corrected chi connectivity index (χ4v) is 13.0. The molecule has 0 radical (unpaired) electrons. The smallest absolute Gasteiger partial charge is 0.340 e. The molecular weight excluding hydrogens is 1330 g/mol. The zero-order valence-corrected chi connectivity index (χ0v) is 58.5. The van der Waals surface area contributed by atoms with Gasteiger partial charge in [-0.1, -0.05) is 119 Å². The average molecular weight is 1420 g/mol. The number of esters is 1. The Bertz CT molecular complexity index is 3790. The number of ether oxygens (including phenoxy) is 3. The minimum atomic E-state index is -1.96. The number of hydrogen-bond acceptors (Lipinski definition) is 18. The number of nitrogens with zero attached hydrogens (tertiary/aromatic N) is 2. The van der Waals surface area contributed by atoms with Crippen molar-refractivity contribution in [2.24, 2.45) is 40.1 Å². The van der Waals surface area contributed by atoms with Gasteiger partial charge in [0.2, 0.25) is 41.4 Å². The molecule has 1 saturated heterocycles. The highest BCUT2D eigenvalue weighted by Crippen LogP contribution is 2.57. The average Bonchev–Trinajstić information content (AvgIpc) is 1.49. The Morgan fingerprint density at radius 3 is 2.01 bits per heavy atom. The van der Waals surface area contributed by atoms with Crippen molar-refractivity contribution in [3.63, 3.8) is 0 Å². The molecule has 15 N–H and O–H groups in total. The van der Waals surface area contributed by atoms with Crippen LogP contribution in [0.1, 0.15) is 113 Å². The SMILES string of the molecule is CO[C@@H](Cc1ccccc1)[C@@H](C)/C=C(C)/C=C/C1NC(=O)C(CCCN=C(N)N)NC(=O)[C@@H](C)C(C(=O)O)NC(=O)[C@H](CC(C)C)NC(=O)[C@@H](C)NC(=O)C(CSC(=S)Nc2ccc3c(c2)C(=O)OC32c3ccc(O)cc3Oc3cc(O)ccc32)N(C)C(=O)CC[C@H](C(=O)O)NC(=O)[C@H]1C. The van der Waals surface area contributed by atoms with E-state index in [1.54, 1.807) is 58.2 Å². The fraction of sp³-hybridized carbons (Fsp3) is 0.429. The molecule has 100 heavy (non-hydrogen) atoms. The second-order valence-corrected chi connectivity index (χ2v) is 27.1. The first-order valence-electron chi connectivity index (χ1n) is 32.5. The number of methoxy groups -OCH3 is 1. The number of thioether (sulfide) groups is 1. The Kier molecular flexibility index (Phi) is 26.8. The fourth-order valence-electron chi connectivity index (χ4n) is 11.8. The number of anilines is 1. The molecule has 0 bridgehead atoms. The number of carboxylic acids is 2. The van der Waals surface area contributed by atoms with Crippen molar-refractivity contribution in [3.8, 4) is 23.0 Å². The van der Waals surface area contributed by atoms with E-state index >= 15 is 0 Å². The van der Waals surface area contributed by atoms with Gasteiger partial charge >= 0.3 is 17.9 Å². The van der Waals surface area contributed by atoms with Gasteiger partial charge in [-0.25, -0.2) is 14.4 Å². The standard InChI is InChI=1S/C70H87N11O17S2/c1-35(2)28-52-63(89)80-58(66(93)94)39(6)60(86)77-50(16-13-27-73-68(71)72)62(88)76-49(24-17-36(3)29-37(4)54(96-9)30-41-14-11-10-12-15-41)38(5)59(85)78-51(65(91)92)25-26-57(84)81(8)53(64(90)74-40(7)61(87)79-52)34-100-69(99)75-42-18-21-46-45(31-42)67(95)98-70(46)47-22-19-43(82)32-55(47)97-56-33-44(83)20-23-48(56)70/h10-12,14-15,17-24,29,31-33,35,37-40,49-54,58,82-83H,13,16,25-28,30,34H2,1-9H3,(H,74,90)(H,75,99)(H,76,88)(H,77,86)(H,78,85)(H,79,87)(H,80,89)(H,91,92)(H,93,94)(H4,71,72,73)/b24-17+,36-29+/t37-,38-,39-,40+,49?,50?,51+,52-,53?,54-,58?/m0/s1. The van der Waals surface area contributed by atoms with Gasteiger partial charge in [0, 0.05) is 73.3 Å². The number of carboxylic acid groups (broad SMARTS) is 2. The molecule has 0 aromatic heterocycles. The van der Waals surface area contributed by atoms with Crippen LogP contribution in [-0.2, 0) is 64.6 Å². The molecule has 0 aliphatic carbocycles. The number of nitrogens with one attached hydrogen (secondary N) is 7. The van der Waals surface area contributed by atoms with Crippen molar-refractivity contribution < 1.29 is 82.6 Å². The molecule has 1 spiro atoms. The van der Waals surface area contributed by atoms with Crippen LogP contribution in [-0.4, -0.2) is 170 Å². The van der Waals surface area contributed by atoms with Crippen molar-refractivity contribution in [2.45, 2.75) is 141 Å². The number of hydrogen-bond donors (Lipinski definition) is 13. The van der Waals surface area contributed by atoms with Crippen molar-refractivity contribution in [1.29, 1.82) is 0 Å². The summed E-state index contributed by atoms with van der Waals surface area (Å²) in [5, 5.41) is 60.4. The zero-order valence-electron chi connectivity index (χ0n) is 56.9. The number of carbonyl (C=O) groups excluding carboxylic acids is 8. The molecule has 3 heterocycles. The number of nitrogens with two attached hydrogens (primary N) is 2. The monoisotopic (exact) mass is 1420 g/mol. The summed E-state index contributed by atoms with van der Waals surface area (Å²) in [6.07, 6.45) is 4.17. The number of fused-ring (bicyclic) bond motifs is 6. The number of phenols is 2. The largest absolute Gasteiger partial charge is 0.508 e. The summed E-state index contributed by atoms with van der Waals surface area (Å²) < 4.78 is 18.2. The van der Waals surface area contributed by atoms with Crippen LogP contribution in [0.2, 0.25) is 0 Å². The minimum Gasteiger partial charge on any atom is -0.508 e. The van der Waals surface area contributed by atoms with Crippen LogP contribution in [0.25, 0.3) is 0 Å². The number of aliphatic carboxylic acids is 2. The molecule has 30 heteroatoms. The molecule has 28 nitrogen and oxygen atoms in total. The normalized spacial score (nSPS) is 23.2. The van der Waals surface area contributed by atoms with E-state index in [0.717, 1.165) is 22.2 Å². The summed E-state index contributed by atoms with van der Waals surface area (Å²) in [6.45, 7) is 11.1. The van der Waals surface area contributed by atoms with Gasteiger partial charge in [-0.3, -0.25) is 38.6 Å². The van der Waals surface area contributed by atoms with Crippen LogP contribution in [0.3, 0.4) is 0 Å². The van der Waals surface area contributed by atoms with E-state index in [-0.39, 0.29) is 88.3 Å². The third kappa shape index (κ3) is 19.6. The van der Waals surface area contributed by atoms with Gasteiger partial charge in [0.25, 0.3) is 0 Å². The summed E-state index contributed by atoms with van der Waals surface area (Å²) in [7, 11) is 2.86. The third-order valence-corrected chi connectivity index (χ3v) is 18.8. The maximum atomic E-state index is 14.7. The highest BCUT2D eigenvalue weighted by atomic mass is 32.2. The third-order valence-electron chi connectivity index (χ3n) is 17.5. The second-order valence-electron chi connectivity index (χ2n) is 25.4. The van der Waals surface area contributed by atoms with E-state index in [1.807, 2.05) is 43.3 Å². The summed E-state index contributed by atoms with van der Waals surface area (Å²) in [6, 6.07) is 12.3. The molecule has 536 valence electrons. The van der Waals surface area contributed by atoms with E-state index in [1.165, 1.54) is 64.2 Å². The van der Waals surface area contributed by atoms with Crippen LogP contribution < -0.4 is 53.4 Å². The highest BCUT2D eigenvalue weighted by molar-refractivity contribution is 8.23. The molecule has 4 aromatic carbocycles. The highest BCUT2D eigenvalue weighted by Gasteiger charge is 2.54. The number of amides is 7. The molecule has 3 aliphatic rings. The number of benzene rings is 4. The van der Waals surface area contributed by atoms with Gasteiger partial charge in [-0.2, -0.15) is 0 Å². The predicted octanol–water partition coefficient (Wildman–Crippen LogP) is 4.58. The van der Waals surface area contributed by atoms with Crippen molar-refractivity contribution in [1.82, 2.24) is 36.8 Å². The lowest BCUT2D eigenvalue weighted by atomic mass is 9.77. The van der Waals surface area contributed by atoms with E-state index < -0.39 is 132 Å². The number of allylic oxidation sites excluding steroid dienone is 2. The Labute approximate surface area is 588 Å². The predicted molar refractivity (Wildman–Crippen MR) is 376 cm³/mol. The van der Waals surface area contributed by atoms with Crippen LogP contribution in [0.4, 0.5) is 5.69 Å². The molecule has 3 aliphatic heterocycles. The number of aliphatic imine (C=N–C) groups is 1. The quantitative estimate of drug-likeness (QED) is 0.0162. The first-order chi connectivity index (χ1) is 47.3. The van der Waals surface area contributed by atoms with Crippen molar-refractivity contribution in [3.05, 3.63) is 137 Å². The van der Waals surface area contributed by atoms with E-state index in [4.69, 9.17) is 37.9 Å². The van der Waals surface area contributed by atoms with Gasteiger partial charge < -0.3 is 88.2 Å². The summed E-state index contributed by atoms with van der Waals surface area (Å²) >= 11 is 6.64. The molecule has 7 amide bonds. The topological polar surface area (TPSA) is 431 Å². The first kappa shape index (κ1) is 77.3. The molecule has 1 fully saturated rings. The van der Waals surface area contributed by atoms with Gasteiger partial charge in [0.15, 0.2) is 11.6 Å². The van der Waals surface area contributed by atoms with Crippen molar-refractivity contribution >= 4 is 99.2 Å². The lowest BCUT2D eigenvalue weighted by molar-refractivity contribution is -0.146. The first-order valence-corrected chi connectivity index (χ1v) is 33.9. The molecule has 0 saturated carbocycles. The Hall–Kier alpha value is -10.1. The molecule has 11 atom stereocenters. The summed E-state index contributed by atoms with van der Waals surface area (Å²) in [5.74, 6) is -14.2. The molecule has 7 rings (SSSR count). The number of likely N-dealkylation sites (N-methyl/N-ethyl adjacent to an activating group) is 1. The Balaban J connectivity index is 1.19. The Morgan fingerprint density at radius 2 is 1.40 bits per heavy atom. The number of carbonyl (C=O) groups is 10. The van der Waals surface area contributed by atoms with Gasteiger partial charge in [0.1, 0.15) is 63.6 Å². The zero-order chi connectivity index (χ0) is 73.4. The van der Waals surface area contributed by atoms with Gasteiger partial charge in [-0.05, 0) is 93.8 Å². The van der Waals surface area contributed by atoms with Crippen LogP contribution in [0.5, 0.6) is 23.0 Å². The van der Waals surface area contributed by atoms with E-state index in [0.29, 0.717) is 34.4 Å². The van der Waals surface area contributed by atoms with Crippen LogP contribution in [0, 0.1) is 23.7 Å². The number of thiocarbonyl (C=S) groups is 1. The number of phenolic OH excluding ortho intramolecular Hbond substituents is 2.